The van der Waals surface area contributed by atoms with Crippen molar-refractivity contribution in [2.45, 2.75) is 46.0 Å². The molecule has 0 radical (unpaired) electrons. The van der Waals surface area contributed by atoms with Gasteiger partial charge in [-0.2, -0.15) is 0 Å². The van der Waals surface area contributed by atoms with Crippen molar-refractivity contribution < 1.29 is 18.3 Å². The van der Waals surface area contributed by atoms with Gasteiger partial charge < -0.3 is 4.74 Å². The summed E-state index contributed by atoms with van der Waals surface area (Å²) in [5.41, 5.74) is 0.384. The molecule has 0 spiro atoms. The fourth-order valence-electron chi connectivity index (χ4n) is 2.07. The molecule has 1 unspecified atom stereocenters. The molecule has 1 aromatic carbocycles. The van der Waals surface area contributed by atoms with E-state index >= 15 is 0 Å². The monoisotopic (exact) mass is 284 g/mol. The Hall–Kier alpha value is -1.45. The summed E-state index contributed by atoms with van der Waals surface area (Å²) in [5, 5.41) is 0. The van der Waals surface area contributed by atoms with Crippen molar-refractivity contribution in [1.29, 1.82) is 0 Å². The summed E-state index contributed by atoms with van der Waals surface area (Å²) in [6.45, 7) is 6.24. The third kappa shape index (κ3) is 5.27. The molecule has 0 heterocycles. The van der Waals surface area contributed by atoms with Gasteiger partial charge in [-0.3, -0.25) is 4.79 Å². The highest BCUT2D eigenvalue weighted by Gasteiger charge is 2.20. The Morgan fingerprint density at radius 3 is 2.55 bits per heavy atom. The molecule has 0 N–H and O–H groups in total. The Morgan fingerprint density at radius 2 is 2.00 bits per heavy atom. The first kappa shape index (κ1) is 16.6. The van der Waals surface area contributed by atoms with Crippen molar-refractivity contribution in [2.75, 3.05) is 6.61 Å². The fraction of sp³-hybridized carbons (Fsp3) is 0.562. The Morgan fingerprint density at radius 1 is 1.30 bits per heavy atom. The minimum Gasteiger partial charge on any atom is -0.465 e. The first-order valence-corrected chi connectivity index (χ1v) is 7.04. The molecule has 1 rings (SSSR count). The van der Waals surface area contributed by atoms with Crippen LogP contribution >= 0.6 is 0 Å². The number of hydrogen-bond acceptors (Lipinski definition) is 2. The summed E-state index contributed by atoms with van der Waals surface area (Å²) in [6, 6.07) is 3.50. The van der Waals surface area contributed by atoms with E-state index in [1.165, 1.54) is 12.1 Å². The van der Waals surface area contributed by atoms with Gasteiger partial charge in [-0.1, -0.05) is 33.3 Å². The van der Waals surface area contributed by atoms with Gasteiger partial charge in [-0.15, -0.1) is 0 Å². The van der Waals surface area contributed by atoms with Crippen LogP contribution in [0.1, 0.15) is 51.5 Å². The van der Waals surface area contributed by atoms with Gasteiger partial charge in [-0.05, 0) is 29.9 Å². The van der Waals surface area contributed by atoms with E-state index < -0.39 is 11.6 Å². The highest BCUT2D eigenvalue weighted by atomic mass is 19.1. The summed E-state index contributed by atoms with van der Waals surface area (Å²) in [5.74, 6) is -1.53. The molecule has 4 heteroatoms. The van der Waals surface area contributed by atoms with E-state index in [2.05, 4.69) is 0 Å². The highest BCUT2D eigenvalue weighted by Crippen LogP contribution is 2.28. The normalized spacial score (nSPS) is 12.5. The SMILES string of the molecule is CCCC(CC(=O)OCC(C)C)c1ccc(F)cc1F. The van der Waals surface area contributed by atoms with E-state index in [0.717, 1.165) is 12.5 Å². The molecule has 0 saturated heterocycles. The Balaban J connectivity index is 2.75. The molecule has 20 heavy (non-hydrogen) atoms. The molecule has 2 nitrogen and oxygen atoms in total. The van der Waals surface area contributed by atoms with Gasteiger partial charge in [0.2, 0.25) is 0 Å². The van der Waals surface area contributed by atoms with Gasteiger partial charge in [0, 0.05) is 6.07 Å². The number of hydrogen-bond donors (Lipinski definition) is 0. The summed E-state index contributed by atoms with van der Waals surface area (Å²) < 4.78 is 31.9. The van der Waals surface area contributed by atoms with Crippen LogP contribution in [-0.2, 0) is 9.53 Å². The minimum atomic E-state index is -0.608. The highest BCUT2D eigenvalue weighted by molar-refractivity contribution is 5.70. The lowest BCUT2D eigenvalue weighted by Gasteiger charge is -2.17. The van der Waals surface area contributed by atoms with Crippen molar-refractivity contribution in [3.63, 3.8) is 0 Å². The molecule has 0 saturated carbocycles. The zero-order valence-electron chi connectivity index (χ0n) is 12.3. The maximum absolute atomic E-state index is 13.8. The molecule has 112 valence electrons. The number of benzene rings is 1. The smallest absolute Gasteiger partial charge is 0.306 e. The summed E-state index contributed by atoms with van der Waals surface area (Å²) >= 11 is 0. The number of carbonyl (C=O) groups excluding carboxylic acids is 1. The van der Waals surface area contributed by atoms with Crippen LogP contribution in [-0.4, -0.2) is 12.6 Å². The third-order valence-corrected chi connectivity index (χ3v) is 3.03. The molecule has 0 bridgehead atoms. The Kier molecular flexibility index (Phi) is 6.62. The largest absolute Gasteiger partial charge is 0.465 e. The molecule has 0 amide bonds. The van der Waals surface area contributed by atoms with Crippen LogP contribution in [0, 0.1) is 17.6 Å². The first-order valence-electron chi connectivity index (χ1n) is 7.04. The molecular weight excluding hydrogens is 262 g/mol. The van der Waals surface area contributed by atoms with E-state index in [-0.39, 0.29) is 24.2 Å². The number of carbonyl (C=O) groups is 1. The summed E-state index contributed by atoms with van der Waals surface area (Å²) in [7, 11) is 0. The van der Waals surface area contributed by atoms with Gasteiger partial charge in [0.15, 0.2) is 0 Å². The van der Waals surface area contributed by atoms with Crippen LogP contribution in [0.25, 0.3) is 0 Å². The van der Waals surface area contributed by atoms with Gasteiger partial charge >= 0.3 is 5.97 Å². The molecule has 0 fully saturated rings. The third-order valence-electron chi connectivity index (χ3n) is 3.03. The predicted octanol–water partition coefficient (Wildman–Crippen LogP) is 4.44. The minimum absolute atomic E-state index is 0.128. The van der Waals surface area contributed by atoms with Crippen LogP contribution in [0.15, 0.2) is 18.2 Å². The molecular formula is C16H22F2O2. The van der Waals surface area contributed by atoms with E-state index in [1.54, 1.807) is 0 Å². The Bertz CT molecular complexity index is 444. The van der Waals surface area contributed by atoms with Gasteiger partial charge in [0.1, 0.15) is 11.6 Å². The molecule has 1 atom stereocenters. The van der Waals surface area contributed by atoms with Crippen molar-refractivity contribution in [2.24, 2.45) is 5.92 Å². The molecule has 0 aliphatic carbocycles. The average Bonchev–Trinajstić information content (AvgIpc) is 2.36. The molecule has 0 aliphatic heterocycles. The lowest BCUT2D eigenvalue weighted by molar-refractivity contribution is -0.145. The van der Waals surface area contributed by atoms with Crippen LogP contribution in [0.5, 0.6) is 0 Å². The number of esters is 1. The van der Waals surface area contributed by atoms with Crippen molar-refractivity contribution in [3.05, 3.63) is 35.4 Å². The summed E-state index contributed by atoms with van der Waals surface area (Å²) in [4.78, 5) is 11.8. The van der Waals surface area contributed by atoms with Crippen molar-refractivity contribution in [1.82, 2.24) is 0 Å². The average molecular weight is 284 g/mol. The van der Waals surface area contributed by atoms with Crippen molar-refractivity contribution in [3.8, 4) is 0 Å². The second-order valence-electron chi connectivity index (χ2n) is 5.43. The lowest BCUT2D eigenvalue weighted by atomic mass is 9.91. The van der Waals surface area contributed by atoms with Gasteiger partial charge in [0.25, 0.3) is 0 Å². The van der Waals surface area contributed by atoms with Crippen LogP contribution in [0.4, 0.5) is 8.78 Å². The van der Waals surface area contributed by atoms with Crippen molar-refractivity contribution >= 4 is 5.97 Å². The first-order chi connectivity index (χ1) is 9.43. The maximum Gasteiger partial charge on any atom is 0.306 e. The van der Waals surface area contributed by atoms with Gasteiger partial charge in [-0.25, -0.2) is 8.78 Å². The molecule has 1 aromatic rings. The lowest BCUT2D eigenvalue weighted by Crippen LogP contribution is -2.14. The van der Waals surface area contributed by atoms with E-state index in [9.17, 15) is 13.6 Å². The van der Waals surface area contributed by atoms with Gasteiger partial charge in [0.05, 0.1) is 13.0 Å². The van der Waals surface area contributed by atoms with E-state index in [4.69, 9.17) is 4.74 Å². The number of halogens is 2. The fourth-order valence-corrected chi connectivity index (χ4v) is 2.07. The predicted molar refractivity (Wildman–Crippen MR) is 74.4 cm³/mol. The number of rotatable bonds is 7. The zero-order chi connectivity index (χ0) is 15.1. The van der Waals surface area contributed by atoms with Crippen LogP contribution in [0.3, 0.4) is 0 Å². The second kappa shape index (κ2) is 7.98. The van der Waals surface area contributed by atoms with Crippen LogP contribution in [0.2, 0.25) is 0 Å². The van der Waals surface area contributed by atoms with E-state index in [0.29, 0.717) is 18.6 Å². The second-order valence-corrected chi connectivity index (χ2v) is 5.43. The number of ether oxygens (including phenoxy) is 1. The van der Waals surface area contributed by atoms with E-state index in [1.807, 2.05) is 20.8 Å². The Labute approximate surface area is 119 Å². The zero-order valence-corrected chi connectivity index (χ0v) is 12.3. The maximum atomic E-state index is 13.8. The molecule has 0 aromatic heterocycles. The van der Waals surface area contributed by atoms with Crippen LogP contribution < -0.4 is 0 Å². The summed E-state index contributed by atoms with van der Waals surface area (Å²) in [6.07, 6.45) is 1.61. The topological polar surface area (TPSA) is 26.3 Å². The quantitative estimate of drug-likeness (QED) is 0.692. The standard InChI is InChI=1S/C16H22F2O2/c1-4-5-12(8-16(19)20-10-11(2)3)14-7-6-13(17)9-15(14)18/h6-7,9,11-12H,4-5,8,10H2,1-3H3. The molecule has 0 aliphatic rings.